The molecule has 2 saturated carbocycles. The largest absolute Gasteiger partial charge is 0.354 e. The molecule has 1 aromatic rings. The molecule has 2 aliphatic carbocycles. The first-order valence-electron chi connectivity index (χ1n) is 9.39. The topological polar surface area (TPSA) is 74.3 Å². The second-order valence-corrected chi connectivity index (χ2v) is 8.07. The Morgan fingerprint density at radius 2 is 1.76 bits per heavy atom. The number of urea groups is 1. The maximum absolute atomic E-state index is 13.0. The van der Waals surface area contributed by atoms with Gasteiger partial charge in [-0.25, -0.2) is 9.78 Å². The zero-order chi connectivity index (χ0) is 17.6. The molecule has 0 bridgehead atoms. The number of carbonyl (C=O) groups excluding carboxylic acids is 2. The van der Waals surface area contributed by atoms with Gasteiger partial charge in [-0.2, -0.15) is 0 Å². The van der Waals surface area contributed by atoms with Gasteiger partial charge in [-0.15, -0.1) is 11.3 Å². The van der Waals surface area contributed by atoms with Crippen molar-refractivity contribution in [3.63, 3.8) is 0 Å². The lowest BCUT2D eigenvalue weighted by molar-refractivity contribution is -0.119. The quantitative estimate of drug-likeness (QED) is 0.854. The molecule has 3 amide bonds. The lowest BCUT2D eigenvalue weighted by atomic mass is 9.87. The zero-order valence-electron chi connectivity index (χ0n) is 14.9. The summed E-state index contributed by atoms with van der Waals surface area (Å²) < 4.78 is 0. The zero-order valence-corrected chi connectivity index (χ0v) is 15.7. The average Bonchev–Trinajstić information content (AvgIpc) is 3.10. The lowest BCUT2D eigenvalue weighted by Crippen LogP contribution is -2.52. The van der Waals surface area contributed by atoms with Gasteiger partial charge in [-0.05, 0) is 38.5 Å². The highest BCUT2D eigenvalue weighted by Crippen LogP contribution is 2.31. The van der Waals surface area contributed by atoms with Crippen molar-refractivity contribution in [3.8, 4) is 0 Å². The molecule has 1 heterocycles. The number of nitrogens with one attached hydrogen (secondary N) is 2. The average molecular weight is 365 g/mol. The highest BCUT2D eigenvalue weighted by Gasteiger charge is 2.34. The van der Waals surface area contributed by atoms with Gasteiger partial charge in [0.1, 0.15) is 0 Å². The van der Waals surface area contributed by atoms with Gasteiger partial charge in [0.05, 0.1) is 0 Å². The SMILES string of the molecule is CC(=O)NC1CCC(N(C(=O)Nc2nccs2)C2CCCCC2)CC1. The van der Waals surface area contributed by atoms with E-state index < -0.39 is 0 Å². The van der Waals surface area contributed by atoms with Gasteiger partial charge < -0.3 is 10.2 Å². The van der Waals surface area contributed by atoms with E-state index in [1.807, 2.05) is 5.38 Å². The maximum Gasteiger partial charge on any atom is 0.324 e. The number of carbonyl (C=O) groups is 2. The number of amides is 3. The van der Waals surface area contributed by atoms with Crippen LogP contribution in [-0.2, 0) is 4.79 Å². The van der Waals surface area contributed by atoms with Gasteiger partial charge in [-0.1, -0.05) is 19.3 Å². The lowest BCUT2D eigenvalue weighted by Gasteiger charge is -2.42. The van der Waals surface area contributed by atoms with Crippen LogP contribution >= 0.6 is 11.3 Å². The molecule has 0 saturated heterocycles. The third-order valence-electron chi connectivity index (χ3n) is 5.35. The van der Waals surface area contributed by atoms with Crippen LogP contribution in [0.1, 0.15) is 64.7 Å². The summed E-state index contributed by atoms with van der Waals surface area (Å²) >= 11 is 1.45. The molecule has 0 atom stereocenters. The molecule has 3 rings (SSSR count). The number of anilines is 1. The van der Waals surface area contributed by atoms with Gasteiger partial charge in [-0.3, -0.25) is 10.1 Å². The summed E-state index contributed by atoms with van der Waals surface area (Å²) in [4.78, 5) is 30.5. The smallest absolute Gasteiger partial charge is 0.324 e. The molecule has 2 N–H and O–H groups in total. The van der Waals surface area contributed by atoms with Gasteiger partial charge in [0, 0.05) is 36.6 Å². The molecule has 2 fully saturated rings. The molecule has 0 aliphatic heterocycles. The summed E-state index contributed by atoms with van der Waals surface area (Å²) in [5.74, 6) is 0.0362. The fourth-order valence-corrected chi connectivity index (χ4v) is 4.73. The number of aromatic nitrogens is 1. The number of nitrogens with zero attached hydrogens (tertiary/aromatic N) is 2. The van der Waals surface area contributed by atoms with E-state index in [1.165, 1.54) is 30.6 Å². The second-order valence-electron chi connectivity index (χ2n) is 7.17. The third-order valence-corrected chi connectivity index (χ3v) is 6.03. The summed E-state index contributed by atoms with van der Waals surface area (Å²) in [6, 6.07) is 0.831. The van der Waals surface area contributed by atoms with Crippen molar-refractivity contribution < 1.29 is 9.59 Å². The van der Waals surface area contributed by atoms with Crippen molar-refractivity contribution in [1.82, 2.24) is 15.2 Å². The summed E-state index contributed by atoms with van der Waals surface area (Å²) in [7, 11) is 0. The number of rotatable bonds is 4. The Kier molecular flexibility index (Phi) is 6.29. The van der Waals surface area contributed by atoms with Crippen molar-refractivity contribution in [3.05, 3.63) is 11.6 Å². The van der Waals surface area contributed by atoms with Crippen LogP contribution in [0.3, 0.4) is 0 Å². The van der Waals surface area contributed by atoms with Crippen LogP contribution in [0.5, 0.6) is 0 Å². The number of thiazole rings is 1. The minimum absolute atomic E-state index is 0.00942. The third kappa shape index (κ3) is 4.93. The molecule has 0 radical (unpaired) electrons. The fourth-order valence-electron chi connectivity index (χ4n) is 4.22. The van der Waals surface area contributed by atoms with Gasteiger partial charge in [0.2, 0.25) is 5.91 Å². The summed E-state index contributed by atoms with van der Waals surface area (Å²) in [6.45, 7) is 1.57. The van der Waals surface area contributed by atoms with E-state index in [2.05, 4.69) is 20.5 Å². The second kappa shape index (κ2) is 8.65. The Bertz CT molecular complexity index is 564. The summed E-state index contributed by atoms with van der Waals surface area (Å²) in [6.07, 6.45) is 11.4. The Hall–Kier alpha value is -1.63. The van der Waals surface area contributed by atoms with Crippen molar-refractivity contribution in [2.45, 2.75) is 82.8 Å². The molecule has 2 aliphatic rings. The molecular weight excluding hydrogens is 336 g/mol. The molecule has 25 heavy (non-hydrogen) atoms. The molecule has 7 heteroatoms. The Balaban J connectivity index is 1.66. The Morgan fingerprint density at radius 1 is 1.08 bits per heavy atom. The monoisotopic (exact) mass is 364 g/mol. The molecule has 1 aromatic heterocycles. The molecule has 138 valence electrons. The van der Waals surface area contributed by atoms with Crippen molar-refractivity contribution >= 4 is 28.4 Å². The van der Waals surface area contributed by atoms with Crippen LogP contribution in [0.25, 0.3) is 0 Å². The minimum Gasteiger partial charge on any atom is -0.354 e. The predicted molar refractivity (Wildman–Crippen MR) is 99.7 cm³/mol. The minimum atomic E-state index is -0.00942. The van der Waals surface area contributed by atoms with Crippen LogP contribution in [-0.4, -0.2) is 39.9 Å². The number of hydrogen-bond acceptors (Lipinski definition) is 4. The Labute approximate surface area is 153 Å². The predicted octanol–water partition coefficient (Wildman–Crippen LogP) is 3.76. The van der Waals surface area contributed by atoms with E-state index in [0.717, 1.165) is 38.5 Å². The molecule has 0 aromatic carbocycles. The van der Waals surface area contributed by atoms with Crippen molar-refractivity contribution in [1.29, 1.82) is 0 Å². The highest BCUT2D eigenvalue weighted by atomic mass is 32.1. The first-order chi connectivity index (χ1) is 12.1. The van der Waals surface area contributed by atoms with Gasteiger partial charge >= 0.3 is 6.03 Å². The van der Waals surface area contributed by atoms with E-state index >= 15 is 0 Å². The van der Waals surface area contributed by atoms with Crippen LogP contribution in [0.15, 0.2) is 11.6 Å². The summed E-state index contributed by atoms with van der Waals surface area (Å²) in [5.41, 5.74) is 0. The van der Waals surface area contributed by atoms with Crippen molar-refractivity contribution in [2.75, 3.05) is 5.32 Å². The van der Waals surface area contributed by atoms with E-state index in [-0.39, 0.29) is 24.0 Å². The molecular formula is C18H28N4O2S. The van der Waals surface area contributed by atoms with E-state index in [1.54, 1.807) is 13.1 Å². The molecule has 0 spiro atoms. The highest BCUT2D eigenvalue weighted by molar-refractivity contribution is 7.13. The number of hydrogen-bond donors (Lipinski definition) is 2. The first kappa shape index (κ1) is 18.2. The van der Waals surface area contributed by atoms with Crippen LogP contribution in [0.4, 0.5) is 9.93 Å². The van der Waals surface area contributed by atoms with Crippen LogP contribution in [0.2, 0.25) is 0 Å². The normalized spacial score (nSPS) is 24.5. The van der Waals surface area contributed by atoms with Gasteiger partial charge in [0.25, 0.3) is 0 Å². The molecule has 6 nitrogen and oxygen atoms in total. The van der Waals surface area contributed by atoms with E-state index in [9.17, 15) is 9.59 Å². The molecule has 0 unspecified atom stereocenters. The summed E-state index contributed by atoms with van der Waals surface area (Å²) in [5, 5.41) is 8.54. The van der Waals surface area contributed by atoms with Crippen molar-refractivity contribution in [2.24, 2.45) is 0 Å². The van der Waals surface area contributed by atoms with Crippen LogP contribution < -0.4 is 10.6 Å². The van der Waals surface area contributed by atoms with Crippen LogP contribution in [0, 0.1) is 0 Å². The Morgan fingerprint density at radius 3 is 2.36 bits per heavy atom. The van der Waals surface area contributed by atoms with E-state index in [4.69, 9.17) is 0 Å². The van der Waals surface area contributed by atoms with Gasteiger partial charge in [0.15, 0.2) is 5.13 Å². The first-order valence-corrected chi connectivity index (χ1v) is 10.3. The fraction of sp³-hybridized carbons (Fsp3) is 0.722. The maximum atomic E-state index is 13.0. The van der Waals surface area contributed by atoms with E-state index in [0.29, 0.717) is 11.2 Å². The standard InChI is InChI=1S/C18H28N4O2S/c1-13(23)20-14-7-9-16(10-8-14)22(15-5-3-2-4-6-15)18(24)21-17-19-11-12-25-17/h11-12,14-16H,2-10H2,1H3,(H,20,23)(H,19,21,24).